The van der Waals surface area contributed by atoms with Crippen LogP contribution in [0, 0.1) is 5.92 Å². The molecule has 0 aliphatic heterocycles. The second-order valence-corrected chi connectivity index (χ2v) is 6.10. The molecule has 0 aromatic carbocycles. The normalized spacial score (nSPS) is 22.8. The van der Waals surface area contributed by atoms with Gasteiger partial charge in [-0.1, -0.05) is 26.2 Å². The lowest BCUT2D eigenvalue weighted by molar-refractivity contribution is 0.335. The maximum absolute atomic E-state index is 5.62. The van der Waals surface area contributed by atoms with E-state index in [2.05, 4.69) is 23.3 Å². The van der Waals surface area contributed by atoms with E-state index in [4.69, 9.17) is 4.74 Å². The molecule has 21 heavy (non-hydrogen) atoms. The minimum absolute atomic E-state index is 0.629. The van der Waals surface area contributed by atoms with E-state index in [1.54, 1.807) is 0 Å². The monoisotopic (exact) mass is 290 g/mol. The van der Waals surface area contributed by atoms with Gasteiger partial charge in [0, 0.05) is 6.20 Å². The smallest absolute Gasteiger partial charge is 0.137 e. The predicted octanol–water partition coefficient (Wildman–Crippen LogP) is 4.14. The maximum Gasteiger partial charge on any atom is 0.137 e. The zero-order valence-electron chi connectivity index (χ0n) is 13.6. The third-order valence-corrected chi connectivity index (χ3v) is 4.47. The van der Waals surface area contributed by atoms with Crippen LogP contribution in [0.1, 0.15) is 63.9 Å². The second kappa shape index (κ2) is 9.04. The van der Waals surface area contributed by atoms with E-state index in [-0.39, 0.29) is 0 Å². The van der Waals surface area contributed by atoms with Gasteiger partial charge in [-0.05, 0) is 62.7 Å². The molecule has 1 aliphatic carbocycles. The van der Waals surface area contributed by atoms with Gasteiger partial charge in [-0.15, -0.1) is 0 Å². The fourth-order valence-electron chi connectivity index (χ4n) is 3.42. The van der Waals surface area contributed by atoms with Crippen molar-refractivity contribution in [2.75, 3.05) is 19.7 Å². The SMILES string of the molecule is CCCNCC1CCCCCC1c1cncc(OCC)c1. The molecular weight excluding hydrogens is 260 g/mol. The van der Waals surface area contributed by atoms with Gasteiger partial charge >= 0.3 is 0 Å². The van der Waals surface area contributed by atoms with E-state index in [9.17, 15) is 0 Å². The van der Waals surface area contributed by atoms with E-state index in [0.717, 1.165) is 24.8 Å². The van der Waals surface area contributed by atoms with Gasteiger partial charge in [0.25, 0.3) is 0 Å². The van der Waals surface area contributed by atoms with Gasteiger partial charge in [0.1, 0.15) is 5.75 Å². The van der Waals surface area contributed by atoms with Crippen LogP contribution in [0.3, 0.4) is 0 Å². The summed E-state index contributed by atoms with van der Waals surface area (Å²) in [6.45, 7) is 7.22. The van der Waals surface area contributed by atoms with Crippen molar-refractivity contribution in [1.29, 1.82) is 0 Å². The highest BCUT2D eigenvalue weighted by atomic mass is 16.5. The maximum atomic E-state index is 5.62. The summed E-state index contributed by atoms with van der Waals surface area (Å²) < 4.78 is 5.62. The highest BCUT2D eigenvalue weighted by Gasteiger charge is 2.25. The van der Waals surface area contributed by atoms with Crippen LogP contribution in [-0.2, 0) is 0 Å². The molecule has 1 aromatic heterocycles. The number of ether oxygens (including phenoxy) is 1. The second-order valence-electron chi connectivity index (χ2n) is 6.10. The van der Waals surface area contributed by atoms with Crippen molar-refractivity contribution in [2.45, 2.75) is 58.3 Å². The summed E-state index contributed by atoms with van der Waals surface area (Å²) in [5.41, 5.74) is 1.37. The van der Waals surface area contributed by atoms with Crippen molar-refractivity contribution >= 4 is 0 Å². The number of hydrogen-bond acceptors (Lipinski definition) is 3. The number of hydrogen-bond donors (Lipinski definition) is 1. The summed E-state index contributed by atoms with van der Waals surface area (Å²) in [5, 5.41) is 3.62. The quantitative estimate of drug-likeness (QED) is 0.605. The Morgan fingerprint density at radius 3 is 2.86 bits per heavy atom. The van der Waals surface area contributed by atoms with Gasteiger partial charge in [-0.2, -0.15) is 0 Å². The van der Waals surface area contributed by atoms with Crippen molar-refractivity contribution < 1.29 is 4.74 Å². The van der Waals surface area contributed by atoms with Crippen molar-refractivity contribution in [3.63, 3.8) is 0 Å². The molecule has 0 radical (unpaired) electrons. The molecule has 1 aromatic rings. The molecule has 2 unspecified atom stereocenters. The molecule has 2 atom stereocenters. The zero-order chi connectivity index (χ0) is 14.9. The molecule has 0 saturated heterocycles. The molecule has 1 saturated carbocycles. The third kappa shape index (κ3) is 4.99. The number of rotatable bonds is 7. The zero-order valence-corrected chi connectivity index (χ0v) is 13.6. The summed E-state index contributed by atoms with van der Waals surface area (Å²) in [4.78, 5) is 4.39. The Balaban J connectivity index is 2.09. The van der Waals surface area contributed by atoms with E-state index >= 15 is 0 Å². The minimum Gasteiger partial charge on any atom is -0.492 e. The van der Waals surface area contributed by atoms with Crippen LogP contribution in [0.15, 0.2) is 18.5 Å². The standard InChI is InChI=1S/C18H30N2O/c1-3-10-19-12-15-8-6-5-7-9-18(15)16-11-17(21-4-2)14-20-13-16/h11,13-15,18-19H,3-10,12H2,1-2H3. The van der Waals surface area contributed by atoms with E-state index < -0.39 is 0 Å². The molecule has 3 heteroatoms. The van der Waals surface area contributed by atoms with E-state index in [1.807, 2.05) is 19.3 Å². The predicted molar refractivity (Wildman–Crippen MR) is 87.9 cm³/mol. The highest BCUT2D eigenvalue weighted by Crippen LogP contribution is 2.37. The summed E-state index contributed by atoms with van der Waals surface area (Å²) >= 11 is 0. The number of nitrogens with zero attached hydrogens (tertiary/aromatic N) is 1. The topological polar surface area (TPSA) is 34.2 Å². The first kappa shape index (κ1) is 16.3. The van der Waals surface area contributed by atoms with Gasteiger partial charge in [-0.3, -0.25) is 4.98 Å². The Hall–Kier alpha value is -1.09. The molecule has 3 nitrogen and oxygen atoms in total. The average Bonchev–Trinajstić information content (AvgIpc) is 2.74. The van der Waals surface area contributed by atoms with Crippen LogP contribution in [0.5, 0.6) is 5.75 Å². The summed E-state index contributed by atoms with van der Waals surface area (Å²) in [7, 11) is 0. The van der Waals surface area contributed by atoms with Gasteiger partial charge in [0.2, 0.25) is 0 Å². The Labute approximate surface area is 129 Å². The number of pyridine rings is 1. The molecular formula is C18H30N2O. The van der Waals surface area contributed by atoms with Gasteiger partial charge < -0.3 is 10.1 Å². The van der Waals surface area contributed by atoms with Crippen LogP contribution >= 0.6 is 0 Å². The highest BCUT2D eigenvalue weighted by molar-refractivity contribution is 5.27. The Kier molecular flexibility index (Phi) is 7.01. The first-order valence-electron chi connectivity index (χ1n) is 8.63. The molecule has 118 valence electrons. The van der Waals surface area contributed by atoms with Crippen LogP contribution in [0.4, 0.5) is 0 Å². The van der Waals surface area contributed by atoms with Gasteiger partial charge in [-0.25, -0.2) is 0 Å². The molecule has 1 aliphatic rings. The Bertz CT molecular complexity index is 408. The van der Waals surface area contributed by atoms with Crippen molar-refractivity contribution in [3.05, 3.63) is 24.0 Å². The van der Waals surface area contributed by atoms with Crippen LogP contribution in [-0.4, -0.2) is 24.7 Å². The average molecular weight is 290 g/mol. The first-order chi connectivity index (χ1) is 10.3. The minimum atomic E-state index is 0.629. The molecule has 0 spiro atoms. The lowest BCUT2D eigenvalue weighted by atomic mass is 9.83. The Morgan fingerprint density at radius 1 is 1.19 bits per heavy atom. The molecule has 1 fully saturated rings. The number of nitrogens with one attached hydrogen (secondary N) is 1. The van der Waals surface area contributed by atoms with Crippen LogP contribution in [0.2, 0.25) is 0 Å². The Morgan fingerprint density at radius 2 is 2.05 bits per heavy atom. The molecule has 0 amide bonds. The van der Waals surface area contributed by atoms with E-state index in [0.29, 0.717) is 12.5 Å². The molecule has 0 bridgehead atoms. The lowest BCUT2D eigenvalue weighted by Crippen LogP contribution is -2.27. The first-order valence-corrected chi connectivity index (χ1v) is 8.63. The van der Waals surface area contributed by atoms with Crippen molar-refractivity contribution in [3.8, 4) is 5.75 Å². The summed E-state index contributed by atoms with van der Waals surface area (Å²) in [6, 6.07) is 2.21. The number of aromatic nitrogens is 1. The molecule has 2 rings (SSSR count). The third-order valence-electron chi connectivity index (χ3n) is 4.47. The molecule has 1 heterocycles. The van der Waals surface area contributed by atoms with Crippen LogP contribution < -0.4 is 10.1 Å². The van der Waals surface area contributed by atoms with Gasteiger partial charge in [0.05, 0.1) is 12.8 Å². The lowest BCUT2D eigenvalue weighted by Gasteiger charge is -2.26. The van der Waals surface area contributed by atoms with Crippen molar-refractivity contribution in [1.82, 2.24) is 10.3 Å². The summed E-state index contributed by atoms with van der Waals surface area (Å²) in [5.74, 6) is 2.28. The van der Waals surface area contributed by atoms with Crippen LogP contribution in [0.25, 0.3) is 0 Å². The van der Waals surface area contributed by atoms with Gasteiger partial charge in [0.15, 0.2) is 0 Å². The van der Waals surface area contributed by atoms with Crippen molar-refractivity contribution in [2.24, 2.45) is 5.92 Å². The fourth-order valence-corrected chi connectivity index (χ4v) is 3.42. The molecule has 1 N–H and O–H groups in total. The largest absolute Gasteiger partial charge is 0.492 e. The summed E-state index contributed by atoms with van der Waals surface area (Å²) in [6.07, 6.45) is 11.8. The fraction of sp³-hybridized carbons (Fsp3) is 0.722. The van der Waals surface area contributed by atoms with E-state index in [1.165, 1.54) is 44.1 Å².